The van der Waals surface area contributed by atoms with Crippen molar-refractivity contribution in [2.45, 2.75) is 33.5 Å². The van der Waals surface area contributed by atoms with Gasteiger partial charge in [-0.2, -0.15) is 0 Å². The molecule has 0 atom stereocenters. The molecule has 1 aliphatic heterocycles. The fraction of sp³-hybridized carbons (Fsp3) is 0.364. The Labute approximate surface area is 193 Å². The summed E-state index contributed by atoms with van der Waals surface area (Å²) in [7, 11) is 0. The third-order valence-electron chi connectivity index (χ3n) is 5.33. The van der Waals surface area contributed by atoms with Crippen molar-refractivity contribution in [3.05, 3.63) is 57.3 Å². The molecule has 4 rings (SSSR count). The molecule has 0 bridgehead atoms. The summed E-state index contributed by atoms with van der Waals surface area (Å²) in [6.07, 6.45) is 1.48. The van der Waals surface area contributed by atoms with Gasteiger partial charge in [-0.1, -0.05) is 23.5 Å². The van der Waals surface area contributed by atoms with Crippen LogP contribution in [-0.4, -0.2) is 39.9 Å². The number of nitrogens with zero attached hydrogens (tertiary/aromatic N) is 4. The highest BCUT2D eigenvalue weighted by Crippen LogP contribution is 2.32. The van der Waals surface area contributed by atoms with Crippen molar-refractivity contribution in [1.29, 1.82) is 0 Å². The van der Waals surface area contributed by atoms with E-state index in [1.165, 1.54) is 22.0 Å². The van der Waals surface area contributed by atoms with E-state index in [-0.39, 0.29) is 38.0 Å². The predicted molar refractivity (Wildman–Crippen MR) is 126 cm³/mol. The largest absolute Gasteiger partial charge is 0.454 e. The summed E-state index contributed by atoms with van der Waals surface area (Å²) in [4.78, 5) is 45.3. The summed E-state index contributed by atoms with van der Waals surface area (Å²) < 4.78 is 13.3. The standard InChI is InChI=1S/C22H25N5O5S/c1-4-9-26-20(29)18-19(24-21(33-18)25(5-2)6-3)27(22(26)30)12-17(28)23-11-14-7-8-15-16(10-14)32-13-31-15/h4,7-8,10H,1,5-6,9,11-13H2,2-3H3,(H,23,28). The molecule has 0 saturated heterocycles. The molecule has 3 aromatic rings. The summed E-state index contributed by atoms with van der Waals surface area (Å²) in [6.45, 7) is 9.23. The van der Waals surface area contributed by atoms with Gasteiger partial charge in [-0.15, -0.1) is 6.58 Å². The molecule has 0 radical (unpaired) electrons. The SMILES string of the molecule is C=CCn1c(=O)c2sc(N(CC)CC)nc2n(CC(=O)NCc2ccc3c(c2)OCO3)c1=O. The van der Waals surface area contributed by atoms with Crippen molar-refractivity contribution in [2.75, 3.05) is 24.8 Å². The molecule has 1 N–H and O–H groups in total. The zero-order chi connectivity index (χ0) is 23.5. The van der Waals surface area contributed by atoms with Gasteiger partial charge < -0.3 is 19.7 Å². The van der Waals surface area contributed by atoms with Gasteiger partial charge in [0.2, 0.25) is 12.7 Å². The number of ether oxygens (including phenoxy) is 2. The average Bonchev–Trinajstić information content (AvgIpc) is 3.46. The number of allylic oxidation sites excluding steroid dienone is 1. The van der Waals surface area contributed by atoms with Crippen LogP contribution in [-0.2, 0) is 24.4 Å². The third-order valence-corrected chi connectivity index (χ3v) is 6.42. The number of amides is 1. The molecular weight excluding hydrogens is 446 g/mol. The molecular formula is C22H25N5O5S. The second kappa shape index (κ2) is 9.49. The number of nitrogens with one attached hydrogen (secondary N) is 1. The second-order valence-electron chi connectivity index (χ2n) is 7.36. The van der Waals surface area contributed by atoms with E-state index in [0.29, 0.717) is 34.4 Å². The number of carbonyl (C=O) groups is 1. The van der Waals surface area contributed by atoms with Crippen molar-refractivity contribution < 1.29 is 14.3 Å². The van der Waals surface area contributed by atoms with Crippen LogP contribution in [0.1, 0.15) is 19.4 Å². The molecule has 174 valence electrons. The number of thiazole rings is 1. The van der Waals surface area contributed by atoms with E-state index in [0.717, 1.165) is 10.1 Å². The fourth-order valence-electron chi connectivity index (χ4n) is 3.58. The van der Waals surface area contributed by atoms with Gasteiger partial charge in [-0.3, -0.25) is 18.7 Å². The average molecular weight is 472 g/mol. The van der Waals surface area contributed by atoms with E-state index in [1.54, 1.807) is 12.1 Å². The minimum atomic E-state index is -0.595. The molecule has 2 aromatic heterocycles. The predicted octanol–water partition coefficient (Wildman–Crippen LogP) is 1.70. The molecule has 1 aromatic carbocycles. The van der Waals surface area contributed by atoms with Crippen molar-refractivity contribution in [2.24, 2.45) is 0 Å². The first-order valence-electron chi connectivity index (χ1n) is 10.6. The van der Waals surface area contributed by atoms with Crippen molar-refractivity contribution in [1.82, 2.24) is 19.4 Å². The number of carbonyl (C=O) groups excluding carboxylic acids is 1. The lowest BCUT2D eigenvalue weighted by Gasteiger charge is -2.16. The Balaban J connectivity index is 1.63. The first-order valence-corrected chi connectivity index (χ1v) is 11.4. The number of fused-ring (bicyclic) bond motifs is 2. The highest BCUT2D eigenvalue weighted by molar-refractivity contribution is 7.22. The van der Waals surface area contributed by atoms with Gasteiger partial charge in [-0.05, 0) is 31.5 Å². The van der Waals surface area contributed by atoms with Gasteiger partial charge in [0.1, 0.15) is 11.2 Å². The van der Waals surface area contributed by atoms with E-state index in [1.807, 2.05) is 24.8 Å². The molecule has 0 aliphatic carbocycles. The topological polar surface area (TPSA) is 108 Å². The molecule has 3 heterocycles. The van der Waals surface area contributed by atoms with Crippen molar-refractivity contribution in [3.63, 3.8) is 0 Å². The van der Waals surface area contributed by atoms with Gasteiger partial charge >= 0.3 is 5.69 Å². The fourth-order valence-corrected chi connectivity index (χ4v) is 4.73. The lowest BCUT2D eigenvalue weighted by molar-refractivity contribution is -0.121. The van der Waals surface area contributed by atoms with Crippen LogP contribution in [0.25, 0.3) is 10.3 Å². The highest BCUT2D eigenvalue weighted by Gasteiger charge is 2.21. The van der Waals surface area contributed by atoms with Crippen LogP contribution < -0.4 is 30.9 Å². The highest BCUT2D eigenvalue weighted by atomic mass is 32.1. The van der Waals surface area contributed by atoms with Gasteiger partial charge in [0.15, 0.2) is 22.3 Å². The molecule has 1 aliphatic rings. The smallest absolute Gasteiger partial charge is 0.333 e. The zero-order valence-corrected chi connectivity index (χ0v) is 19.3. The Bertz CT molecular complexity index is 1320. The maximum absolute atomic E-state index is 13.1. The molecule has 1 amide bonds. The lowest BCUT2D eigenvalue weighted by atomic mass is 10.2. The van der Waals surface area contributed by atoms with Crippen molar-refractivity contribution in [3.8, 4) is 11.5 Å². The molecule has 33 heavy (non-hydrogen) atoms. The lowest BCUT2D eigenvalue weighted by Crippen LogP contribution is -2.42. The molecule has 0 fully saturated rings. The van der Waals surface area contributed by atoms with E-state index >= 15 is 0 Å². The maximum Gasteiger partial charge on any atom is 0.333 e. The van der Waals surface area contributed by atoms with Gasteiger partial charge in [-0.25, -0.2) is 9.78 Å². The Morgan fingerprint density at radius 3 is 2.73 bits per heavy atom. The van der Waals surface area contributed by atoms with Gasteiger partial charge in [0.05, 0.1) is 0 Å². The van der Waals surface area contributed by atoms with Crippen LogP contribution in [0.4, 0.5) is 5.13 Å². The van der Waals surface area contributed by atoms with E-state index in [4.69, 9.17) is 9.47 Å². The third kappa shape index (κ3) is 4.36. The Morgan fingerprint density at radius 2 is 2.00 bits per heavy atom. The first kappa shape index (κ1) is 22.6. The summed E-state index contributed by atoms with van der Waals surface area (Å²) >= 11 is 1.22. The Kier molecular flexibility index (Phi) is 6.50. The zero-order valence-electron chi connectivity index (χ0n) is 18.5. The minimum Gasteiger partial charge on any atom is -0.454 e. The molecule has 10 nitrogen and oxygen atoms in total. The quantitative estimate of drug-likeness (QED) is 0.473. The number of hydrogen-bond acceptors (Lipinski definition) is 8. The minimum absolute atomic E-state index is 0.0466. The number of anilines is 1. The van der Waals surface area contributed by atoms with Crippen LogP contribution in [0.2, 0.25) is 0 Å². The maximum atomic E-state index is 13.1. The van der Waals surface area contributed by atoms with E-state index in [9.17, 15) is 14.4 Å². The van der Waals surface area contributed by atoms with Crippen LogP contribution >= 0.6 is 11.3 Å². The van der Waals surface area contributed by atoms with Gasteiger partial charge in [0, 0.05) is 26.2 Å². The number of aromatic nitrogens is 3. The summed E-state index contributed by atoms with van der Waals surface area (Å²) in [5.74, 6) is 0.913. The number of benzene rings is 1. The Hall–Kier alpha value is -3.60. The summed E-state index contributed by atoms with van der Waals surface area (Å²) in [5.41, 5.74) is 0.0273. The van der Waals surface area contributed by atoms with Crippen LogP contribution in [0.5, 0.6) is 11.5 Å². The number of hydrogen-bond donors (Lipinski definition) is 1. The van der Waals surface area contributed by atoms with Gasteiger partial charge in [0.25, 0.3) is 5.56 Å². The molecule has 0 spiro atoms. The molecule has 0 saturated carbocycles. The molecule has 0 unspecified atom stereocenters. The summed E-state index contributed by atoms with van der Waals surface area (Å²) in [5, 5.41) is 3.45. The summed E-state index contributed by atoms with van der Waals surface area (Å²) in [6, 6.07) is 5.42. The van der Waals surface area contributed by atoms with Crippen LogP contribution in [0, 0.1) is 0 Å². The number of rotatable bonds is 9. The Morgan fingerprint density at radius 1 is 1.24 bits per heavy atom. The van der Waals surface area contributed by atoms with Crippen LogP contribution in [0.15, 0.2) is 40.4 Å². The second-order valence-corrected chi connectivity index (χ2v) is 8.34. The van der Waals surface area contributed by atoms with E-state index in [2.05, 4.69) is 16.9 Å². The van der Waals surface area contributed by atoms with E-state index < -0.39 is 11.2 Å². The monoisotopic (exact) mass is 471 g/mol. The van der Waals surface area contributed by atoms with Crippen LogP contribution in [0.3, 0.4) is 0 Å². The normalized spacial score (nSPS) is 12.2. The molecule has 11 heteroatoms. The van der Waals surface area contributed by atoms with Crippen molar-refractivity contribution >= 4 is 32.7 Å². The first-order chi connectivity index (χ1) is 16.0.